The van der Waals surface area contributed by atoms with Crippen molar-refractivity contribution < 1.29 is 4.74 Å². The predicted octanol–water partition coefficient (Wildman–Crippen LogP) is 4.95. The second kappa shape index (κ2) is 9.57. The quantitative estimate of drug-likeness (QED) is 0.440. The van der Waals surface area contributed by atoms with E-state index in [1.807, 2.05) is 54.6 Å². The Balaban J connectivity index is 1.52. The zero-order valence-corrected chi connectivity index (χ0v) is 17.5. The molecule has 0 amide bonds. The lowest BCUT2D eigenvalue weighted by molar-refractivity contribution is 0.414. The molecular formula is C24H23ClN4O. The molecule has 0 aliphatic carbocycles. The van der Waals surface area contributed by atoms with E-state index in [-0.39, 0.29) is 0 Å². The number of methoxy groups -OCH3 is 1. The van der Waals surface area contributed by atoms with Crippen molar-refractivity contribution >= 4 is 11.6 Å². The summed E-state index contributed by atoms with van der Waals surface area (Å²) in [6.45, 7) is 1.87. The van der Waals surface area contributed by atoms with Gasteiger partial charge in [0.25, 0.3) is 0 Å². The maximum absolute atomic E-state index is 6.32. The summed E-state index contributed by atoms with van der Waals surface area (Å²) in [7, 11) is 1.67. The van der Waals surface area contributed by atoms with Crippen LogP contribution in [0.4, 0.5) is 0 Å². The molecule has 3 aromatic carbocycles. The van der Waals surface area contributed by atoms with Crippen LogP contribution in [0.5, 0.6) is 5.75 Å². The van der Waals surface area contributed by atoms with Gasteiger partial charge >= 0.3 is 0 Å². The van der Waals surface area contributed by atoms with E-state index in [9.17, 15) is 0 Å². The SMILES string of the molecule is COc1ccc(CNCc2nn(Cc3ccccc3Cl)nc2-c2ccccc2)cc1. The summed E-state index contributed by atoms with van der Waals surface area (Å²) in [6.07, 6.45) is 0. The maximum atomic E-state index is 6.32. The Morgan fingerprint density at radius 3 is 2.33 bits per heavy atom. The van der Waals surface area contributed by atoms with Crippen molar-refractivity contribution in [2.75, 3.05) is 7.11 Å². The average Bonchev–Trinajstić information content (AvgIpc) is 3.19. The number of hydrogen-bond donors (Lipinski definition) is 1. The molecule has 0 bridgehead atoms. The lowest BCUT2D eigenvalue weighted by Crippen LogP contribution is -2.14. The van der Waals surface area contributed by atoms with E-state index < -0.39 is 0 Å². The van der Waals surface area contributed by atoms with Crippen LogP contribution in [-0.4, -0.2) is 22.1 Å². The molecule has 0 radical (unpaired) electrons. The lowest BCUT2D eigenvalue weighted by Gasteiger charge is -2.06. The van der Waals surface area contributed by atoms with Crippen molar-refractivity contribution in [3.05, 3.63) is 101 Å². The largest absolute Gasteiger partial charge is 0.497 e. The van der Waals surface area contributed by atoms with Gasteiger partial charge in [0.15, 0.2) is 0 Å². The normalized spacial score (nSPS) is 10.9. The van der Waals surface area contributed by atoms with Crippen LogP contribution in [0, 0.1) is 0 Å². The van der Waals surface area contributed by atoms with Gasteiger partial charge < -0.3 is 10.1 Å². The zero-order valence-electron chi connectivity index (χ0n) is 16.8. The number of benzene rings is 3. The highest BCUT2D eigenvalue weighted by Crippen LogP contribution is 2.22. The molecule has 1 aromatic heterocycles. The van der Waals surface area contributed by atoms with Gasteiger partial charge in [-0.05, 0) is 29.3 Å². The van der Waals surface area contributed by atoms with E-state index in [0.717, 1.165) is 39.8 Å². The van der Waals surface area contributed by atoms with Gasteiger partial charge in [0.1, 0.15) is 17.1 Å². The summed E-state index contributed by atoms with van der Waals surface area (Å²) in [5, 5.41) is 13.7. The van der Waals surface area contributed by atoms with E-state index in [4.69, 9.17) is 26.5 Å². The van der Waals surface area contributed by atoms with Gasteiger partial charge in [0.05, 0.1) is 13.7 Å². The highest BCUT2D eigenvalue weighted by molar-refractivity contribution is 6.31. The van der Waals surface area contributed by atoms with Crippen molar-refractivity contribution in [1.82, 2.24) is 20.3 Å². The van der Waals surface area contributed by atoms with Crippen LogP contribution < -0.4 is 10.1 Å². The Kier molecular flexibility index (Phi) is 6.42. The van der Waals surface area contributed by atoms with Gasteiger partial charge in [-0.2, -0.15) is 15.0 Å². The molecule has 0 spiro atoms. The second-order valence-electron chi connectivity index (χ2n) is 6.93. The van der Waals surface area contributed by atoms with Gasteiger partial charge in [-0.1, -0.05) is 72.3 Å². The molecule has 0 saturated carbocycles. The molecule has 152 valence electrons. The molecule has 6 heteroatoms. The molecule has 5 nitrogen and oxygen atoms in total. The minimum Gasteiger partial charge on any atom is -0.497 e. The minimum atomic E-state index is 0.526. The predicted molar refractivity (Wildman–Crippen MR) is 120 cm³/mol. The Morgan fingerprint density at radius 1 is 0.867 bits per heavy atom. The number of halogens is 1. The first kappa shape index (κ1) is 20.1. The fourth-order valence-electron chi connectivity index (χ4n) is 3.24. The van der Waals surface area contributed by atoms with E-state index in [2.05, 4.69) is 29.6 Å². The smallest absolute Gasteiger partial charge is 0.118 e. The highest BCUT2D eigenvalue weighted by Gasteiger charge is 2.14. The molecule has 0 saturated heterocycles. The van der Waals surface area contributed by atoms with Crippen molar-refractivity contribution in [3.8, 4) is 17.0 Å². The van der Waals surface area contributed by atoms with Crippen LogP contribution in [0.3, 0.4) is 0 Å². The van der Waals surface area contributed by atoms with Crippen LogP contribution in [-0.2, 0) is 19.6 Å². The molecule has 0 unspecified atom stereocenters. The summed E-state index contributed by atoms with van der Waals surface area (Å²) in [5.41, 5.74) is 5.00. The lowest BCUT2D eigenvalue weighted by atomic mass is 10.1. The van der Waals surface area contributed by atoms with Crippen LogP contribution >= 0.6 is 11.6 Å². The summed E-state index contributed by atoms with van der Waals surface area (Å²) in [5.74, 6) is 0.854. The molecule has 0 aliphatic rings. The Labute approximate surface area is 181 Å². The summed E-state index contributed by atoms with van der Waals surface area (Å²) < 4.78 is 5.22. The molecular weight excluding hydrogens is 396 g/mol. The first-order valence-electron chi connectivity index (χ1n) is 9.79. The minimum absolute atomic E-state index is 0.526. The third-order valence-electron chi connectivity index (χ3n) is 4.82. The van der Waals surface area contributed by atoms with Crippen molar-refractivity contribution in [1.29, 1.82) is 0 Å². The Bertz CT molecular complexity index is 1090. The second-order valence-corrected chi connectivity index (χ2v) is 7.34. The van der Waals surface area contributed by atoms with Gasteiger partial charge in [-0.25, -0.2) is 0 Å². The van der Waals surface area contributed by atoms with Crippen molar-refractivity contribution in [2.45, 2.75) is 19.6 Å². The van der Waals surface area contributed by atoms with Gasteiger partial charge in [0.2, 0.25) is 0 Å². The standard InChI is InChI=1S/C24H23ClN4O/c1-30-21-13-11-18(12-14-21)15-26-16-23-24(19-7-3-2-4-8-19)28-29(27-23)17-20-9-5-6-10-22(20)25/h2-14,26H,15-17H2,1H3. The Morgan fingerprint density at radius 2 is 1.60 bits per heavy atom. The number of hydrogen-bond acceptors (Lipinski definition) is 4. The number of nitrogens with zero attached hydrogens (tertiary/aromatic N) is 3. The third kappa shape index (κ3) is 4.87. The van der Waals surface area contributed by atoms with E-state index in [1.54, 1.807) is 11.9 Å². The fraction of sp³-hybridized carbons (Fsp3) is 0.167. The summed E-state index contributed by atoms with van der Waals surface area (Å²) in [4.78, 5) is 1.72. The maximum Gasteiger partial charge on any atom is 0.118 e. The molecule has 4 rings (SSSR count). The van der Waals surface area contributed by atoms with Crippen molar-refractivity contribution in [3.63, 3.8) is 0 Å². The first-order chi connectivity index (χ1) is 14.7. The van der Waals surface area contributed by atoms with E-state index in [0.29, 0.717) is 13.1 Å². The topological polar surface area (TPSA) is 52.0 Å². The van der Waals surface area contributed by atoms with Crippen molar-refractivity contribution in [2.24, 2.45) is 0 Å². The van der Waals surface area contributed by atoms with Gasteiger partial charge in [-0.15, -0.1) is 0 Å². The zero-order chi connectivity index (χ0) is 20.8. The van der Waals surface area contributed by atoms with Crippen LogP contribution in [0.15, 0.2) is 78.9 Å². The molecule has 1 N–H and O–H groups in total. The third-order valence-corrected chi connectivity index (χ3v) is 5.19. The molecule has 0 aliphatic heterocycles. The molecule has 1 heterocycles. The molecule has 4 aromatic rings. The van der Waals surface area contributed by atoms with Crippen LogP contribution in [0.25, 0.3) is 11.3 Å². The molecule has 30 heavy (non-hydrogen) atoms. The number of rotatable bonds is 8. The number of ether oxygens (including phenoxy) is 1. The first-order valence-corrected chi connectivity index (χ1v) is 10.2. The average molecular weight is 419 g/mol. The van der Waals surface area contributed by atoms with Crippen LogP contribution in [0.2, 0.25) is 5.02 Å². The van der Waals surface area contributed by atoms with Gasteiger partial charge in [0, 0.05) is 23.7 Å². The monoisotopic (exact) mass is 418 g/mol. The molecule has 0 fully saturated rings. The number of nitrogens with one attached hydrogen (secondary N) is 1. The summed E-state index contributed by atoms with van der Waals surface area (Å²) in [6, 6.07) is 25.9. The summed E-state index contributed by atoms with van der Waals surface area (Å²) >= 11 is 6.32. The fourth-order valence-corrected chi connectivity index (χ4v) is 3.44. The highest BCUT2D eigenvalue weighted by atomic mass is 35.5. The molecule has 0 atom stereocenters. The van der Waals surface area contributed by atoms with E-state index >= 15 is 0 Å². The number of aromatic nitrogens is 3. The van der Waals surface area contributed by atoms with E-state index in [1.165, 1.54) is 5.56 Å². The van der Waals surface area contributed by atoms with Crippen LogP contribution in [0.1, 0.15) is 16.8 Å². The van der Waals surface area contributed by atoms with Gasteiger partial charge in [-0.3, -0.25) is 0 Å². The Hall–Kier alpha value is -3.15.